The Bertz CT molecular complexity index is 486. The van der Waals surface area contributed by atoms with Crippen molar-refractivity contribution in [3.63, 3.8) is 0 Å². The maximum atomic E-state index is 6.01. The molecule has 94 valence electrons. The lowest BCUT2D eigenvalue weighted by atomic mass is 9.76. The molecule has 3 nitrogen and oxygen atoms in total. The zero-order valence-electron chi connectivity index (χ0n) is 10.8. The molecule has 1 aromatic rings. The van der Waals surface area contributed by atoms with E-state index in [2.05, 4.69) is 13.5 Å². The third-order valence-electron chi connectivity index (χ3n) is 3.55. The Balaban J connectivity index is 2.17. The van der Waals surface area contributed by atoms with Gasteiger partial charge in [0.1, 0.15) is 12.4 Å². The fraction of sp³-hybridized carbons (Fsp3) is 0.429. The summed E-state index contributed by atoms with van der Waals surface area (Å²) in [6, 6.07) is 4.04. The molecular weight excluding hydrogens is 227 g/mol. The molecule has 2 aliphatic heterocycles. The zero-order chi connectivity index (χ0) is 12.7. The van der Waals surface area contributed by atoms with Crippen LogP contribution in [0, 0.1) is 0 Å². The molecule has 3 rings (SSSR count). The van der Waals surface area contributed by atoms with Crippen molar-refractivity contribution in [3.8, 4) is 5.75 Å². The number of ether oxygens (including phenoxy) is 1. The van der Waals surface area contributed by atoms with Crippen LogP contribution in [0.5, 0.6) is 5.75 Å². The second-order valence-corrected chi connectivity index (χ2v) is 4.81. The lowest BCUT2D eigenvalue weighted by Gasteiger charge is -2.16. The fourth-order valence-corrected chi connectivity index (χ4v) is 2.68. The van der Waals surface area contributed by atoms with Gasteiger partial charge in [-0.15, -0.1) is 0 Å². The van der Waals surface area contributed by atoms with Crippen LogP contribution in [0.4, 0.5) is 0 Å². The average Bonchev–Trinajstić information content (AvgIpc) is 2.66. The molecule has 0 N–H and O–H groups in total. The Morgan fingerprint density at radius 1 is 1.44 bits per heavy atom. The summed E-state index contributed by atoms with van der Waals surface area (Å²) in [6.07, 6.45) is 2.91. The van der Waals surface area contributed by atoms with Crippen LogP contribution >= 0.6 is 0 Å². The largest absolute Gasteiger partial charge is 0.498 e. The summed E-state index contributed by atoms with van der Waals surface area (Å²) in [5, 5.41) is 0. The van der Waals surface area contributed by atoms with E-state index in [9.17, 15) is 0 Å². The second-order valence-electron chi connectivity index (χ2n) is 4.81. The number of benzene rings is 1. The summed E-state index contributed by atoms with van der Waals surface area (Å²) in [4.78, 5) is 0. The molecule has 0 aromatic heterocycles. The van der Waals surface area contributed by atoms with Crippen LogP contribution < -0.4 is 10.2 Å². The van der Waals surface area contributed by atoms with Crippen molar-refractivity contribution in [3.05, 3.63) is 29.8 Å². The van der Waals surface area contributed by atoms with E-state index in [0.717, 1.165) is 23.2 Å². The minimum atomic E-state index is -0.294. The van der Waals surface area contributed by atoms with Gasteiger partial charge in [-0.1, -0.05) is 25.6 Å². The number of rotatable bonds is 2. The van der Waals surface area contributed by atoms with Crippen LogP contribution in [0.25, 0.3) is 6.08 Å². The minimum absolute atomic E-state index is 0.0398. The minimum Gasteiger partial charge on any atom is -0.491 e. The van der Waals surface area contributed by atoms with Gasteiger partial charge in [-0.05, 0) is 30.5 Å². The first-order valence-electron chi connectivity index (χ1n) is 6.47. The molecule has 2 aliphatic rings. The topological polar surface area (TPSA) is 27.7 Å². The third kappa shape index (κ3) is 1.68. The van der Waals surface area contributed by atoms with Gasteiger partial charge < -0.3 is 14.0 Å². The van der Waals surface area contributed by atoms with Crippen molar-refractivity contribution in [1.29, 1.82) is 0 Å². The summed E-state index contributed by atoms with van der Waals surface area (Å²) in [7, 11) is -0.294. The molecule has 0 saturated heterocycles. The Labute approximate surface area is 108 Å². The quantitative estimate of drug-likeness (QED) is 0.747. The molecule has 2 heterocycles. The average molecular weight is 244 g/mol. The molecule has 0 spiro atoms. The molecular formula is C14H17BO3. The first-order chi connectivity index (χ1) is 8.74. The Morgan fingerprint density at radius 2 is 2.28 bits per heavy atom. The predicted octanol–water partition coefficient (Wildman–Crippen LogP) is 2.30. The Hall–Kier alpha value is -1.26. The number of hydrogen-bond acceptors (Lipinski definition) is 3. The van der Waals surface area contributed by atoms with E-state index in [1.54, 1.807) is 0 Å². The van der Waals surface area contributed by atoms with Gasteiger partial charge >= 0.3 is 7.12 Å². The predicted molar refractivity (Wildman–Crippen MR) is 72.1 cm³/mol. The highest BCUT2D eigenvalue weighted by Crippen LogP contribution is 2.35. The molecule has 4 heteroatoms. The molecule has 0 fully saturated rings. The Kier molecular flexibility index (Phi) is 2.92. The van der Waals surface area contributed by atoms with E-state index in [-0.39, 0.29) is 19.3 Å². The van der Waals surface area contributed by atoms with Gasteiger partial charge in [-0.2, -0.15) is 0 Å². The van der Waals surface area contributed by atoms with Crippen molar-refractivity contribution in [2.24, 2.45) is 0 Å². The molecule has 1 aromatic carbocycles. The van der Waals surface area contributed by atoms with Gasteiger partial charge in [0.15, 0.2) is 0 Å². The van der Waals surface area contributed by atoms with Crippen molar-refractivity contribution in [2.75, 3.05) is 6.61 Å². The monoisotopic (exact) mass is 244 g/mol. The van der Waals surface area contributed by atoms with E-state index < -0.39 is 0 Å². The molecule has 18 heavy (non-hydrogen) atoms. The van der Waals surface area contributed by atoms with Crippen LogP contribution in [0.1, 0.15) is 37.5 Å². The summed E-state index contributed by atoms with van der Waals surface area (Å²) in [6.45, 7) is 8.56. The molecule has 0 bridgehead atoms. The normalized spacial score (nSPS) is 25.3. The van der Waals surface area contributed by atoms with E-state index in [0.29, 0.717) is 6.61 Å². The van der Waals surface area contributed by atoms with Crippen LogP contribution in [0.2, 0.25) is 0 Å². The van der Waals surface area contributed by atoms with Gasteiger partial charge in [0.05, 0.1) is 12.2 Å². The third-order valence-corrected chi connectivity index (χ3v) is 3.55. The molecule has 0 amide bonds. The maximum absolute atomic E-state index is 6.01. The van der Waals surface area contributed by atoms with Crippen molar-refractivity contribution in [2.45, 2.75) is 32.5 Å². The number of hydrogen-bond donors (Lipinski definition) is 0. The Morgan fingerprint density at radius 3 is 3.00 bits per heavy atom. The van der Waals surface area contributed by atoms with Gasteiger partial charge in [0, 0.05) is 5.46 Å². The molecule has 0 aliphatic carbocycles. The van der Waals surface area contributed by atoms with Crippen molar-refractivity contribution in [1.82, 2.24) is 0 Å². The van der Waals surface area contributed by atoms with E-state index in [1.807, 2.05) is 25.1 Å². The molecule has 0 saturated carbocycles. The molecule has 1 unspecified atom stereocenters. The van der Waals surface area contributed by atoms with E-state index in [1.165, 1.54) is 5.56 Å². The van der Waals surface area contributed by atoms with Crippen molar-refractivity contribution >= 4 is 18.7 Å². The summed E-state index contributed by atoms with van der Waals surface area (Å²) in [5.74, 6) is 0.890. The van der Waals surface area contributed by atoms with Crippen LogP contribution in [0.3, 0.4) is 0 Å². The highest BCUT2D eigenvalue weighted by atomic mass is 16.6. The first kappa shape index (κ1) is 11.8. The van der Waals surface area contributed by atoms with Crippen LogP contribution in [0.15, 0.2) is 18.7 Å². The fourth-order valence-electron chi connectivity index (χ4n) is 2.68. The van der Waals surface area contributed by atoms with E-state index in [4.69, 9.17) is 14.0 Å². The molecule has 2 atom stereocenters. The van der Waals surface area contributed by atoms with Crippen LogP contribution in [-0.2, 0) is 9.31 Å². The van der Waals surface area contributed by atoms with Crippen molar-refractivity contribution < 1.29 is 14.0 Å². The van der Waals surface area contributed by atoms with E-state index >= 15 is 0 Å². The summed E-state index contributed by atoms with van der Waals surface area (Å²) < 4.78 is 17.7. The summed E-state index contributed by atoms with van der Waals surface area (Å²) in [5.41, 5.74) is 3.36. The van der Waals surface area contributed by atoms with Gasteiger partial charge in [-0.25, -0.2) is 0 Å². The molecule has 0 radical (unpaired) electrons. The zero-order valence-corrected chi connectivity index (χ0v) is 10.8. The first-order valence-corrected chi connectivity index (χ1v) is 6.47. The SMILES string of the molecule is C=Cc1ccc2c3c1[C@@H](CC)OB3OC(C)CO2. The van der Waals surface area contributed by atoms with Crippen LogP contribution in [-0.4, -0.2) is 19.8 Å². The van der Waals surface area contributed by atoms with Gasteiger partial charge in [0.25, 0.3) is 0 Å². The second kappa shape index (κ2) is 4.45. The highest BCUT2D eigenvalue weighted by molar-refractivity contribution is 6.64. The highest BCUT2D eigenvalue weighted by Gasteiger charge is 2.43. The standard InChI is InChI=1S/C14H17BO3/c1-4-10-6-7-12-14-13(10)11(5-2)18-15(14)17-9(3)8-16-12/h4,6-7,9,11H,1,5,8H2,2-3H3/t9?,11-/m1/s1. The smallest absolute Gasteiger partial charge is 0.491 e. The lowest BCUT2D eigenvalue weighted by molar-refractivity contribution is 0.0977. The maximum Gasteiger partial charge on any atom is 0.498 e. The lowest BCUT2D eigenvalue weighted by Crippen LogP contribution is -2.34. The van der Waals surface area contributed by atoms with Gasteiger partial charge in [-0.3, -0.25) is 0 Å². The summed E-state index contributed by atoms with van der Waals surface area (Å²) >= 11 is 0. The van der Waals surface area contributed by atoms with Gasteiger partial charge in [0.2, 0.25) is 0 Å².